The van der Waals surface area contributed by atoms with Crippen LogP contribution in [0.2, 0.25) is 0 Å². The first-order chi connectivity index (χ1) is 7.34. The van der Waals surface area contributed by atoms with Gasteiger partial charge in [0.15, 0.2) is 0 Å². The van der Waals surface area contributed by atoms with E-state index in [4.69, 9.17) is 0 Å². The summed E-state index contributed by atoms with van der Waals surface area (Å²) in [6.07, 6.45) is 12.4. The number of allylic oxidation sites excluding steroid dienone is 5. The molecular weight excluding hydrogens is 188 g/mol. The summed E-state index contributed by atoms with van der Waals surface area (Å²) in [6.45, 7) is 1.52. The zero-order valence-corrected chi connectivity index (χ0v) is 8.49. The van der Waals surface area contributed by atoms with Crippen molar-refractivity contribution < 1.29 is 4.79 Å². The molecular formula is C12H14N2O. The third kappa shape index (κ3) is 2.92. The van der Waals surface area contributed by atoms with E-state index >= 15 is 0 Å². The van der Waals surface area contributed by atoms with Gasteiger partial charge in [0.05, 0.1) is 0 Å². The molecule has 2 rings (SSSR count). The van der Waals surface area contributed by atoms with Crippen LogP contribution >= 0.6 is 0 Å². The molecule has 0 saturated heterocycles. The van der Waals surface area contributed by atoms with Crippen molar-refractivity contribution in [1.82, 2.24) is 10.6 Å². The Labute approximate surface area is 89.2 Å². The maximum absolute atomic E-state index is 11.4. The molecule has 1 heterocycles. The average Bonchev–Trinajstić information content (AvgIpc) is 2.26. The zero-order chi connectivity index (χ0) is 10.5. The molecule has 0 aromatic carbocycles. The maximum atomic E-state index is 11.4. The number of rotatable bonds is 0. The van der Waals surface area contributed by atoms with Gasteiger partial charge in [0, 0.05) is 25.2 Å². The van der Waals surface area contributed by atoms with Crippen molar-refractivity contribution in [2.75, 3.05) is 13.1 Å². The number of amides is 1. The number of nitrogens with one attached hydrogen (secondary N) is 2. The van der Waals surface area contributed by atoms with E-state index in [1.807, 2.05) is 36.5 Å². The Morgan fingerprint density at radius 3 is 3.07 bits per heavy atom. The molecule has 0 spiro atoms. The largest absolute Gasteiger partial charge is 0.326 e. The van der Waals surface area contributed by atoms with E-state index in [-0.39, 0.29) is 5.91 Å². The van der Waals surface area contributed by atoms with Crippen LogP contribution in [0.25, 0.3) is 0 Å². The SMILES string of the molecule is O=C1CCNCC2=C/C(=C\C=C\C=C2)N1. The molecule has 0 aromatic rings. The molecule has 0 unspecified atom stereocenters. The first kappa shape index (κ1) is 9.93. The number of hydrogen-bond donors (Lipinski definition) is 2. The number of carbonyl (C=O) groups excluding carboxylic acids is 1. The van der Waals surface area contributed by atoms with Gasteiger partial charge in [-0.05, 0) is 17.7 Å². The Hall–Kier alpha value is -1.61. The number of fused-ring (bicyclic) bond motifs is 1. The van der Waals surface area contributed by atoms with Crippen molar-refractivity contribution in [3.8, 4) is 0 Å². The minimum Gasteiger partial charge on any atom is -0.326 e. The molecule has 2 N–H and O–H groups in total. The van der Waals surface area contributed by atoms with Gasteiger partial charge >= 0.3 is 0 Å². The van der Waals surface area contributed by atoms with Crippen LogP contribution in [0.5, 0.6) is 0 Å². The highest BCUT2D eigenvalue weighted by atomic mass is 16.1. The van der Waals surface area contributed by atoms with E-state index in [1.54, 1.807) is 0 Å². The maximum Gasteiger partial charge on any atom is 0.225 e. The van der Waals surface area contributed by atoms with Crippen LogP contribution in [-0.2, 0) is 4.79 Å². The fourth-order valence-corrected chi connectivity index (χ4v) is 1.54. The molecule has 0 fully saturated rings. The number of carbonyl (C=O) groups is 1. The highest BCUT2D eigenvalue weighted by Crippen LogP contribution is 2.07. The molecule has 3 nitrogen and oxygen atoms in total. The lowest BCUT2D eigenvalue weighted by molar-refractivity contribution is -0.120. The van der Waals surface area contributed by atoms with Crippen LogP contribution in [0.15, 0.2) is 47.7 Å². The lowest BCUT2D eigenvalue weighted by Crippen LogP contribution is -2.25. The van der Waals surface area contributed by atoms with E-state index in [9.17, 15) is 4.79 Å². The second kappa shape index (κ2) is 4.75. The second-order valence-corrected chi connectivity index (χ2v) is 3.56. The molecule has 0 saturated carbocycles. The third-order valence-corrected chi connectivity index (χ3v) is 2.29. The molecule has 2 bridgehead atoms. The molecule has 0 atom stereocenters. The predicted molar refractivity (Wildman–Crippen MR) is 60.1 cm³/mol. The highest BCUT2D eigenvalue weighted by molar-refractivity contribution is 5.78. The van der Waals surface area contributed by atoms with E-state index in [0.717, 1.165) is 18.8 Å². The summed E-state index contributed by atoms with van der Waals surface area (Å²) in [5, 5.41) is 6.11. The standard InChI is InChI=1S/C12H14N2O/c15-12-6-7-13-9-10-4-2-1-3-5-11(8-10)14-12/h1-5,8,13H,6-7,9H2,(H,14,15)/b2-1?,3-1+,4-2?,5-3?,10-4?,10-8?,11-5+,11-8?. The van der Waals surface area contributed by atoms with Crippen LogP contribution in [0, 0.1) is 0 Å². The summed E-state index contributed by atoms with van der Waals surface area (Å²) < 4.78 is 0. The summed E-state index contributed by atoms with van der Waals surface area (Å²) in [4.78, 5) is 11.4. The summed E-state index contributed by atoms with van der Waals surface area (Å²) in [5.41, 5.74) is 2.03. The Balaban J connectivity index is 2.26. The molecule has 0 radical (unpaired) electrons. The van der Waals surface area contributed by atoms with Gasteiger partial charge in [0.2, 0.25) is 5.91 Å². The average molecular weight is 202 g/mol. The summed E-state index contributed by atoms with van der Waals surface area (Å²) in [7, 11) is 0. The third-order valence-electron chi connectivity index (χ3n) is 2.29. The fraction of sp³-hybridized carbons (Fsp3) is 0.250. The van der Waals surface area contributed by atoms with E-state index in [2.05, 4.69) is 10.6 Å². The molecule has 0 aromatic heterocycles. The molecule has 1 aliphatic heterocycles. The van der Waals surface area contributed by atoms with E-state index in [1.165, 1.54) is 5.57 Å². The lowest BCUT2D eigenvalue weighted by atomic mass is 10.1. The van der Waals surface area contributed by atoms with Crippen LogP contribution in [0.4, 0.5) is 0 Å². The van der Waals surface area contributed by atoms with Gasteiger partial charge in [-0.25, -0.2) is 0 Å². The van der Waals surface area contributed by atoms with Crippen LogP contribution < -0.4 is 10.6 Å². The van der Waals surface area contributed by atoms with Crippen LogP contribution in [-0.4, -0.2) is 19.0 Å². The first-order valence-electron chi connectivity index (χ1n) is 5.11. The Kier molecular flexibility index (Phi) is 3.15. The van der Waals surface area contributed by atoms with E-state index < -0.39 is 0 Å². The monoisotopic (exact) mass is 202 g/mol. The minimum atomic E-state index is 0.0594. The van der Waals surface area contributed by atoms with Gasteiger partial charge in [-0.15, -0.1) is 0 Å². The molecule has 15 heavy (non-hydrogen) atoms. The van der Waals surface area contributed by atoms with Crippen molar-refractivity contribution in [2.45, 2.75) is 6.42 Å². The second-order valence-electron chi connectivity index (χ2n) is 3.56. The van der Waals surface area contributed by atoms with Crippen molar-refractivity contribution in [2.24, 2.45) is 0 Å². The van der Waals surface area contributed by atoms with Crippen molar-refractivity contribution in [1.29, 1.82) is 0 Å². The zero-order valence-electron chi connectivity index (χ0n) is 8.49. The van der Waals surface area contributed by atoms with Gasteiger partial charge in [-0.3, -0.25) is 4.79 Å². The predicted octanol–water partition coefficient (Wildman–Crippen LogP) is 1.03. The van der Waals surface area contributed by atoms with Gasteiger partial charge in [0.1, 0.15) is 0 Å². The lowest BCUT2D eigenvalue weighted by Gasteiger charge is -2.05. The van der Waals surface area contributed by atoms with Crippen molar-refractivity contribution >= 4 is 5.91 Å². The van der Waals surface area contributed by atoms with Crippen LogP contribution in [0.1, 0.15) is 6.42 Å². The van der Waals surface area contributed by atoms with E-state index in [0.29, 0.717) is 6.42 Å². The van der Waals surface area contributed by atoms with Gasteiger partial charge < -0.3 is 10.6 Å². The minimum absolute atomic E-state index is 0.0594. The van der Waals surface area contributed by atoms with Crippen LogP contribution in [0.3, 0.4) is 0 Å². The first-order valence-corrected chi connectivity index (χ1v) is 5.11. The fourth-order valence-electron chi connectivity index (χ4n) is 1.54. The molecule has 2 aliphatic rings. The Bertz CT molecular complexity index is 375. The quantitative estimate of drug-likeness (QED) is 0.616. The van der Waals surface area contributed by atoms with Gasteiger partial charge in [-0.1, -0.05) is 24.3 Å². The Morgan fingerprint density at radius 2 is 2.13 bits per heavy atom. The number of hydrogen-bond acceptors (Lipinski definition) is 2. The highest BCUT2D eigenvalue weighted by Gasteiger charge is 2.06. The normalized spacial score (nSPS) is 26.8. The molecule has 78 valence electrons. The van der Waals surface area contributed by atoms with Gasteiger partial charge in [-0.2, -0.15) is 0 Å². The topological polar surface area (TPSA) is 41.1 Å². The molecule has 1 amide bonds. The molecule has 3 heteroatoms. The molecule has 1 aliphatic carbocycles. The van der Waals surface area contributed by atoms with Gasteiger partial charge in [0.25, 0.3) is 0 Å². The van der Waals surface area contributed by atoms with Crippen molar-refractivity contribution in [3.63, 3.8) is 0 Å². The summed E-state index contributed by atoms with van der Waals surface area (Å²) in [5.74, 6) is 0.0594. The summed E-state index contributed by atoms with van der Waals surface area (Å²) >= 11 is 0. The smallest absolute Gasteiger partial charge is 0.225 e. The van der Waals surface area contributed by atoms with Crippen molar-refractivity contribution in [3.05, 3.63) is 47.7 Å². The summed E-state index contributed by atoms with van der Waals surface area (Å²) in [6, 6.07) is 0. The Morgan fingerprint density at radius 1 is 1.20 bits per heavy atom.